The zero-order valence-electron chi connectivity index (χ0n) is 20.0. The molecule has 5 heterocycles. The molecular weight excluding hydrogens is 466 g/mol. The molecule has 0 saturated carbocycles. The van der Waals surface area contributed by atoms with Gasteiger partial charge in [-0.2, -0.15) is 5.10 Å². The monoisotopic (exact) mass is 494 g/mol. The van der Waals surface area contributed by atoms with Crippen molar-refractivity contribution in [3.8, 4) is 0 Å². The zero-order valence-corrected chi connectivity index (χ0v) is 20.0. The molecule has 1 aromatic carbocycles. The van der Waals surface area contributed by atoms with Gasteiger partial charge in [-0.25, -0.2) is 23.6 Å². The SMILES string of the molecule is [C-]#[N+]c1ccc2c(c1)[C@H](C(F)F)CCN2c1n[nH]c2nc(N3CCC4(CC3)CO[C@@H](C)[C@H]4N)cnc12. The first-order chi connectivity index (χ1) is 17.4. The van der Waals surface area contributed by atoms with Crippen molar-refractivity contribution in [3.05, 3.63) is 41.4 Å². The Kier molecular flexibility index (Phi) is 5.53. The number of hydrogen-bond acceptors (Lipinski definition) is 7. The van der Waals surface area contributed by atoms with Gasteiger partial charge in [0, 0.05) is 42.7 Å². The number of anilines is 3. The van der Waals surface area contributed by atoms with E-state index in [1.807, 2.05) is 11.8 Å². The average molecular weight is 495 g/mol. The maximum Gasteiger partial charge on any atom is 0.245 e. The first kappa shape index (κ1) is 23.1. The summed E-state index contributed by atoms with van der Waals surface area (Å²) in [4.78, 5) is 17.0. The molecule has 9 nitrogen and oxygen atoms in total. The van der Waals surface area contributed by atoms with Gasteiger partial charge in [-0.3, -0.25) is 5.10 Å². The number of nitrogens with one attached hydrogen (secondary N) is 1. The van der Waals surface area contributed by atoms with E-state index in [2.05, 4.69) is 24.9 Å². The highest BCUT2D eigenvalue weighted by molar-refractivity contribution is 5.88. The highest BCUT2D eigenvalue weighted by atomic mass is 19.3. The van der Waals surface area contributed by atoms with E-state index in [9.17, 15) is 8.78 Å². The van der Waals surface area contributed by atoms with E-state index in [0.717, 1.165) is 31.7 Å². The third-order valence-electron chi connectivity index (χ3n) is 8.22. The van der Waals surface area contributed by atoms with Crippen molar-refractivity contribution in [2.24, 2.45) is 11.1 Å². The third kappa shape index (κ3) is 3.59. The number of nitrogens with two attached hydrogens (primary N) is 1. The molecule has 0 aliphatic carbocycles. The van der Waals surface area contributed by atoms with Gasteiger partial charge in [0.1, 0.15) is 5.82 Å². The second-order valence-corrected chi connectivity index (χ2v) is 10.1. The average Bonchev–Trinajstić information content (AvgIpc) is 3.44. The molecule has 11 heteroatoms. The van der Waals surface area contributed by atoms with E-state index >= 15 is 0 Å². The number of rotatable bonds is 3. The summed E-state index contributed by atoms with van der Waals surface area (Å²) < 4.78 is 33.3. The van der Waals surface area contributed by atoms with Gasteiger partial charge in [0.15, 0.2) is 22.7 Å². The minimum absolute atomic E-state index is 0.0272. The number of H-pyrrole nitrogens is 1. The van der Waals surface area contributed by atoms with Gasteiger partial charge in [-0.1, -0.05) is 12.1 Å². The van der Waals surface area contributed by atoms with Gasteiger partial charge >= 0.3 is 0 Å². The predicted molar refractivity (Wildman–Crippen MR) is 132 cm³/mol. The fraction of sp³-hybridized carbons (Fsp3) is 0.520. The molecule has 36 heavy (non-hydrogen) atoms. The number of aromatic nitrogens is 4. The fourth-order valence-electron chi connectivity index (χ4n) is 5.95. The van der Waals surface area contributed by atoms with Crippen molar-refractivity contribution in [2.75, 3.05) is 36.0 Å². The Balaban J connectivity index is 1.27. The Bertz CT molecular complexity index is 1330. The lowest BCUT2D eigenvalue weighted by Gasteiger charge is -2.41. The maximum atomic E-state index is 13.8. The lowest BCUT2D eigenvalue weighted by Crippen LogP contribution is -2.50. The molecule has 6 rings (SSSR count). The van der Waals surface area contributed by atoms with Crippen LogP contribution in [0, 0.1) is 12.0 Å². The van der Waals surface area contributed by atoms with Gasteiger partial charge in [0.25, 0.3) is 0 Å². The molecule has 0 radical (unpaired) electrons. The molecule has 2 aromatic heterocycles. The molecule has 3 atom stereocenters. The molecule has 3 aromatic rings. The molecule has 0 bridgehead atoms. The smallest absolute Gasteiger partial charge is 0.245 e. The Morgan fingerprint density at radius 1 is 1.28 bits per heavy atom. The minimum Gasteiger partial charge on any atom is -0.376 e. The van der Waals surface area contributed by atoms with Crippen molar-refractivity contribution in [1.82, 2.24) is 20.2 Å². The Labute approximate surface area is 207 Å². The lowest BCUT2D eigenvalue weighted by atomic mass is 9.73. The van der Waals surface area contributed by atoms with Crippen molar-refractivity contribution in [3.63, 3.8) is 0 Å². The van der Waals surface area contributed by atoms with Crippen LogP contribution in [0.4, 0.5) is 31.8 Å². The van der Waals surface area contributed by atoms with Crippen LogP contribution in [0.5, 0.6) is 0 Å². The topological polar surface area (TPSA) is 101 Å². The Morgan fingerprint density at radius 2 is 2.08 bits per heavy atom. The summed E-state index contributed by atoms with van der Waals surface area (Å²) in [5, 5.41) is 7.45. The largest absolute Gasteiger partial charge is 0.376 e. The first-order valence-electron chi connectivity index (χ1n) is 12.3. The van der Waals surface area contributed by atoms with Gasteiger partial charge in [0.05, 0.1) is 25.5 Å². The fourth-order valence-corrected chi connectivity index (χ4v) is 5.95. The van der Waals surface area contributed by atoms with Crippen LogP contribution in [0.2, 0.25) is 0 Å². The van der Waals surface area contributed by atoms with Gasteiger partial charge < -0.3 is 20.3 Å². The number of fused-ring (bicyclic) bond motifs is 2. The molecule has 188 valence electrons. The highest BCUT2D eigenvalue weighted by Crippen LogP contribution is 2.45. The molecule has 3 N–H and O–H groups in total. The van der Waals surface area contributed by atoms with Crippen molar-refractivity contribution >= 4 is 34.2 Å². The number of benzene rings is 1. The van der Waals surface area contributed by atoms with E-state index in [0.29, 0.717) is 47.1 Å². The standard InChI is InChI=1S/C25H28F2N8O/c1-14-21(28)25(13-36-14)6-9-34(10-7-25)19-12-30-20-23(31-19)32-33-24(20)35-8-5-16(22(26)27)17-11-15(29-2)3-4-18(17)35/h3-4,11-12,14,16,21-22H,5-10,13,28H2,1H3,(H,31,32,33)/t14-,16+,21+/m0/s1. The van der Waals surface area contributed by atoms with E-state index in [1.165, 1.54) is 0 Å². The summed E-state index contributed by atoms with van der Waals surface area (Å²) in [7, 11) is 0. The minimum atomic E-state index is -2.50. The highest BCUT2D eigenvalue weighted by Gasteiger charge is 2.47. The van der Waals surface area contributed by atoms with Gasteiger partial charge in [-0.15, -0.1) is 0 Å². The van der Waals surface area contributed by atoms with E-state index < -0.39 is 12.3 Å². The molecule has 3 aliphatic rings. The van der Waals surface area contributed by atoms with Gasteiger partial charge in [-0.05, 0) is 37.8 Å². The normalized spacial score (nSPS) is 25.5. The van der Waals surface area contributed by atoms with Crippen LogP contribution < -0.4 is 15.5 Å². The Hall–Kier alpha value is -3.36. The van der Waals surface area contributed by atoms with Gasteiger partial charge in [0.2, 0.25) is 6.43 Å². The van der Waals surface area contributed by atoms with Crippen LogP contribution in [0.1, 0.15) is 37.7 Å². The molecule has 1 spiro atoms. The predicted octanol–water partition coefficient (Wildman–Crippen LogP) is 4.13. The van der Waals surface area contributed by atoms with Crippen LogP contribution in [0.3, 0.4) is 0 Å². The summed E-state index contributed by atoms with van der Waals surface area (Å²) in [6.07, 6.45) is 1.47. The quantitative estimate of drug-likeness (QED) is 0.528. The number of ether oxygens (including phenoxy) is 1. The summed E-state index contributed by atoms with van der Waals surface area (Å²) in [5.74, 6) is 0.408. The molecule has 2 fully saturated rings. The molecule has 3 aliphatic heterocycles. The summed E-state index contributed by atoms with van der Waals surface area (Å²) in [6.45, 7) is 12.0. The van der Waals surface area contributed by atoms with E-state index in [1.54, 1.807) is 24.4 Å². The van der Waals surface area contributed by atoms with Crippen molar-refractivity contribution in [1.29, 1.82) is 0 Å². The third-order valence-corrected chi connectivity index (χ3v) is 8.22. The van der Waals surface area contributed by atoms with Crippen LogP contribution in [-0.4, -0.2) is 65.0 Å². The van der Waals surface area contributed by atoms with E-state index in [4.69, 9.17) is 22.0 Å². The summed E-state index contributed by atoms with van der Waals surface area (Å²) in [6, 6.07) is 4.99. The number of piperidine rings is 1. The first-order valence-corrected chi connectivity index (χ1v) is 12.3. The summed E-state index contributed by atoms with van der Waals surface area (Å²) >= 11 is 0. The number of alkyl halides is 2. The van der Waals surface area contributed by atoms with Crippen molar-refractivity contribution < 1.29 is 13.5 Å². The number of halogens is 2. The summed E-state index contributed by atoms with van der Waals surface area (Å²) in [5.41, 5.74) is 9.06. The molecule has 0 unspecified atom stereocenters. The molecule has 2 saturated heterocycles. The van der Waals surface area contributed by atoms with Crippen LogP contribution in [-0.2, 0) is 4.74 Å². The van der Waals surface area contributed by atoms with Crippen LogP contribution in [0.15, 0.2) is 24.4 Å². The number of nitrogens with zero attached hydrogens (tertiary/aromatic N) is 6. The Morgan fingerprint density at radius 3 is 2.78 bits per heavy atom. The van der Waals surface area contributed by atoms with Crippen LogP contribution in [0.25, 0.3) is 16.0 Å². The molecule has 0 amide bonds. The molecular formula is C25H28F2N8O. The number of aromatic amines is 1. The zero-order chi connectivity index (χ0) is 25.0. The van der Waals surface area contributed by atoms with Crippen molar-refractivity contribution in [2.45, 2.75) is 50.7 Å². The lowest BCUT2D eigenvalue weighted by molar-refractivity contribution is 0.0974. The second-order valence-electron chi connectivity index (χ2n) is 10.1. The van der Waals surface area contributed by atoms with E-state index in [-0.39, 0.29) is 24.0 Å². The maximum absolute atomic E-state index is 13.8. The van der Waals surface area contributed by atoms with Crippen LogP contribution >= 0.6 is 0 Å². The number of hydrogen-bond donors (Lipinski definition) is 2. The second kappa shape index (κ2) is 8.64.